The summed E-state index contributed by atoms with van der Waals surface area (Å²) in [5.41, 5.74) is 3.02. The smallest absolute Gasteiger partial charge is 0.321 e. The number of aryl methyl sites for hydroxylation is 1. The van der Waals surface area contributed by atoms with Crippen molar-refractivity contribution < 1.29 is 14.1 Å². The van der Waals surface area contributed by atoms with Crippen molar-refractivity contribution in [2.45, 2.75) is 38.5 Å². The Morgan fingerprint density at radius 3 is 2.61 bits per heavy atom. The fourth-order valence-corrected chi connectivity index (χ4v) is 3.95. The van der Waals surface area contributed by atoms with Crippen LogP contribution in [0.2, 0.25) is 0 Å². The summed E-state index contributed by atoms with van der Waals surface area (Å²) in [6.07, 6.45) is 5.08. The van der Waals surface area contributed by atoms with Gasteiger partial charge in [-0.2, -0.15) is 4.98 Å². The lowest BCUT2D eigenvalue weighted by molar-refractivity contribution is -0.117. The predicted molar refractivity (Wildman–Crippen MR) is 123 cm³/mol. The standard InChI is InChI=1S/C24H26N6O3/c1-15-5-8-18(26-22(31)16-6-7-16)14-20(15)27-24(32)30-12-9-17(10-13-30)23-28-21(29-33-23)19-4-2-3-11-25-19/h2-5,8,11,14,16-17H,6-7,9-10,12-13H2,1H3,(H,26,31)(H,27,32). The van der Waals surface area contributed by atoms with E-state index in [0.29, 0.717) is 41.9 Å². The zero-order chi connectivity index (χ0) is 22.8. The van der Waals surface area contributed by atoms with Gasteiger partial charge in [0.05, 0.1) is 0 Å². The van der Waals surface area contributed by atoms with Crippen molar-refractivity contribution in [3.63, 3.8) is 0 Å². The van der Waals surface area contributed by atoms with Crippen LogP contribution in [0.15, 0.2) is 47.1 Å². The number of benzene rings is 1. The average Bonchev–Trinajstić information content (AvgIpc) is 3.58. The molecule has 2 N–H and O–H groups in total. The van der Waals surface area contributed by atoms with Crippen molar-refractivity contribution in [1.29, 1.82) is 0 Å². The van der Waals surface area contributed by atoms with Crippen molar-refractivity contribution in [2.75, 3.05) is 23.7 Å². The highest BCUT2D eigenvalue weighted by Crippen LogP contribution is 2.31. The first-order chi connectivity index (χ1) is 16.1. The second-order valence-electron chi connectivity index (χ2n) is 8.66. The van der Waals surface area contributed by atoms with Gasteiger partial charge in [-0.3, -0.25) is 9.78 Å². The Labute approximate surface area is 191 Å². The Bertz CT molecular complexity index is 1150. The second kappa shape index (κ2) is 9.01. The molecule has 3 aromatic rings. The minimum atomic E-state index is -0.151. The summed E-state index contributed by atoms with van der Waals surface area (Å²) in [5.74, 6) is 1.36. The van der Waals surface area contributed by atoms with Gasteiger partial charge < -0.3 is 20.1 Å². The third kappa shape index (κ3) is 4.87. The molecule has 0 spiro atoms. The normalized spacial score (nSPS) is 16.5. The average molecular weight is 447 g/mol. The first-order valence-corrected chi connectivity index (χ1v) is 11.3. The molecule has 3 amide bonds. The number of carbonyl (C=O) groups is 2. The molecular formula is C24H26N6O3. The van der Waals surface area contributed by atoms with E-state index in [1.54, 1.807) is 11.1 Å². The lowest BCUT2D eigenvalue weighted by atomic mass is 9.97. The van der Waals surface area contributed by atoms with E-state index in [2.05, 4.69) is 25.8 Å². The molecule has 0 atom stereocenters. The van der Waals surface area contributed by atoms with E-state index in [1.807, 2.05) is 43.3 Å². The van der Waals surface area contributed by atoms with Crippen molar-refractivity contribution in [3.05, 3.63) is 54.0 Å². The number of hydrogen-bond donors (Lipinski definition) is 2. The highest BCUT2D eigenvalue weighted by atomic mass is 16.5. The van der Waals surface area contributed by atoms with Gasteiger partial charge in [0.15, 0.2) is 0 Å². The molecule has 1 aromatic carbocycles. The number of aromatic nitrogens is 3. The second-order valence-corrected chi connectivity index (χ2v) is 8.66. The summed E-state index contributed by atoms with van der Waals surface area (Å²) in [6.45, 7) is 3.12. The van der Waals surface area contributed by atoms with Crippen molar-refractivity contribution in [3.8, 4) is 11.5 Å². The number of anilines is 2. The first-order valence-electron chi connectivity index (χ1n) is 11.3. The maximum atomic E-state index is 12.9. The lowest BCUT2D eigenvalue weighted by Crippen LogP contribution is -2.40. The van der Waals surface area contributed by atoms with E-state index >= 15 is 0 Å². The molecule has 3 heterocycles. The number of hydrogen-bond acceptors (Lipinski definition) is 6. The molecule has 2 aliphatic rings. The quantitative estimate of drug-likeness (QED) is 0.607. The summed E-state index contributed by atoms with van der Waals surface area (Å²) in [5, 5.41) is 9.98. The Morgan fingerprint density at radius 2 is 1.88 bits per heavy atom. The minimum absolute atomic E-state index is 0.0467. The number of carbonyl (C=O) groups excluding carboxylic acids is 2. The molecule has 1 saturated carbocycles. The van der Waals surface area contributed by atoms with E-state index < -0.39 is 0 Å². The molecule has 0 radical (unpaired) electrons. The van der Waals surface area contributed by atoms with Crippen molar-refractivity contribution in [2.24, 2.45) is 5.92 Å². The van der Waals surface area contributed by atoms with Crippen LogP contribution in [0, 0.1) is 12.8 Å². The molecule has 1 saturated heterocycles. The summed E-state index contributed by atoms with van der Waals surface area (Å²) >= 11 is 0. The minimum Gasteiger partial charge on any atom is -0.339 e. The van der Waals surface area contributed by atoms with Crippen LogP contribution in [0.25, 0.3) is 11.5 Å². The molecule has 2 fully saturated rings. The molecule has 0 bridgehead atoms. The van der Waals surface area contributed by atoms with Crippen molar-refractivity contribution >= 4 is 23.3 Å². The summed E-state index contributed by atoms with van der Waals surface area (Å²) in [6, 6.07) is 11.0. The van der Waals surface area contributed by atoms with Crippen LogP contribution in [0.5, 0.6) is 0 Å². The fourth-order valence-electron chi connectivity index (χ4n) is 3.95. The summed E-state index contributed by atoms with van der Waals surface area (Å²) < 4.78 is 5.48. The Hall–Kier alpha value is -3.75. The van der Waals surface area contributed by atoms with Crippen LogP contribution in [0.4, 0.5) is 16.2 Å². The van der Waals surface area contributed by atoms with Gasteiger partial charge >= 0.3 is 6.03 Å². The van der Waals surface area contributed by atoms with Gasteiger partial charge in [-0.25, -0.2) is 4.79 Å². The topological polar surface area (TPSA) is 113 Å². The largest absolute Gasteiger partial charge is 0.339 e. The number of amides is 3. The van der Waals surface area contributed by atoms with Gasteiger partial charge in [0.1, 0.15) is 5.69 Å². The maximum absolute atomic E-state index is 12.9. The number of rotatable bonds is 5. The third-order valence-electron chi connectivity index (χ3n) is 6.16. The Morgan fingerprint density at radius 1 is 1.06 bits per heavy atom. The number of urea groups is 1. The van der Waals surface area contributed by atoms with E-state index in [1.165, 1.54) is 0 Å². The molecule has 1 aliphatic heterocycles. The van der Waals surface area contributed by atoms with Gasteiger partial charge in [0, 0.05) is 42.5 Å². The van der Waals surface area contributed by atoms with Crippen LogP contribution in [-0.2, 0) is 4.79 Å². The summed E-state index contributed by atoms with van der Waals surface area (Å²) in [4.78, 5) is 35.5. The first kappa shape index (κ1) is 21.1. The monoisotopic (exact) mass is 446 g/mol. The molecule has 9 heteroatoms. The molecule has 1 aliphatic carbocycles. The Balaban J connectivity index is 1.17. The van der Waals surface area contributed by atoms with Crippen LogP contribution in [0.3, 0.4) is 0 Å². The maximum Gasteiger partial charge on any atom is 0.321 e. The number of nitrogens with zero attached hydrogens (tertiary/aromatic N) is 4. The van der Waals surface area contributed by atoms with Crippen LogP contribution < -0.4 is 10.6 Å². The zero-order valence-corrected chi connectivity index (χ0v) is 18.5. The molecule has 33 heavy (non-hydrogen) atoms. The van der Waals surface area contributed by atoms with Gasteiger partial charge in [0.2, 0.25) is 17.6 Å². The third-order valence-corrected chi connectivity index (χ3v) is 6.16. The van der Waals surface area contributed by atoms with E-state index in [4.69, 9.17) is 4.52 Å². The molecular weight excluding hydrogens is 420 g/mol. The SMILES string of the molecule is Cc1ccc(NC(=O)C2CC2)cc1NC(=O)N1CCC(c2nc(-c3ccccn3)no2)CC1. The molecule has 5 rings (SSSR count). The lowest BCUT2D eigenvalue weighted by Gasteiger charge is -2.30. The predicted octanol–water partition coefficient (Wildman–Crippen LogP) is 4.20. The van der Waals surface area contributed by atoms with Gasteiger partial charge in [0.25, 0.3) is 0 Å². The zero-order valence-electron chi connectivity index (χ0n) is 18.5. The number of piperidine rings is 1. The fraction of sp³-hybridized carbons (Fsp3) is 0.375. The highest BCUT2D eigenvalue weighted by Gasteiger charge is 2.30. The van der Waals surface area contributed by atoms with Gasteiger partial charge in [-0.15, -0.1) is 0 Å². The number of pyridine rings is 1. The number of likely N-dealkylation sites (tertiary alicyclic amines) is 1. The van der Waals surface area contributed by atoms with E-state index in [9.17, 15) is 9.59 Å². The molecule has 2 aromatic heterocycles. The Kier molecular flexibility index (Phi) is 5.77. The van der Waals surface area contributed by atoms with Crippen LogP contribution in [0.1, 0.15) is 43.1 Å². The van der Waals surface area contributed by atoms with Gasteiger partial charge in [-0.05, 0) is 62.4 Å². The van der Waals surface area contributed by atoms with E-state index in [0.717, 1.165) is 31.2 Å². The van der Waals surface area contributed by atoms with Crippen LogP contribution >= 0.6 is 0 Å². The van der Waals surface area contributed by atoms with E-state index in [-0.39, 0.29) is 23.8 Å². The number of nitrogens with one attached hydrogen (secondary N) is 2. The summed E-state index contributed by atoms with van der Waals surface area (Å²) in [7, 11) is 0. The van der Waals surface area contributed by atoms with Gasteiger partial charge in [-0.1, -0.05) is 17.3 Å². The van der Waals surface area contributed by atoms with Crippen LogP contribution in [-0.4, -0.2) is 45.1 Å². The van der Waals surface area contributed by atoms with Crippen molar-refractivity contribution in [1.82, 2.24) is 20.0 Å². The highest BCUT2D eigenvalue weighted by molar-refractivity contribution is 5.96. The molecule has 170 valence electrons. The molecule has 9 nitrogen and oxygen atoms in total. The molecule has 0 unspecified atom stereocenters.